The Balaban J connectivity index is 2.13. The highest BCUT2D eigenvalue weighted by molar-refractivity contribution is 5.83. The summed E-state index contributed by atoms with van der Waals surface area (Å²) in [4.78, 5) is 21.8. The lowest BCUT2D eigenvalue weighted by atomic mass is 10.0. The molecule has 0 saturated heterocycles. The number of carbonyl (C=O) groups excluding carboxylic acids is 1. The molecule has 0 aliphatic heterocycles. The van der Waals surface area contributed by atoms with Gasteiger partial charge in [-0.3, -0.25) is 4.79 Å². The molecule has 1 aliphatic carbocycles. The minimum atomic E-state index is -1.39. The monoisotopic (exact) mass is 245 g/mol. The van der Waals surface area contributed by atoms with Crippen molar-refractivity contribution in [3.63, 3.8) is 0 Å². The van der Waals surface area contributed by atoms with E-state index in [0.717, 1.165) is 18.8 Å². The van der Waals surface area contributed by atoms with E-state index in [2.05, 4.69) is 5.32 Å². The summed E-state index contributed by atoms with van der Waals surface area (Å²) in [7, 11) is 0. The van der Waals surface area contributed by atoms with Crippen LogP contribution in [0.5, 0.6) is 0 Å². The molecular weight excluding hydrogens is 225 g/mol. The van der Waals surface area contributed by atoms with E-state index < -0.39 is 18.7 Å². The first kappa shape index (κ1) is 13.9. The molecule has 0 aromatic heterocycles. The number of hydrogen-bond acceptors (Lipinski definition) is 2. The van der Waals surface area contributed by atoms with Gasteiger partial charge in [-0.25, -0.2) is 9.18 Å². The third-order valence-electron chi connectivity index (χ3n) is 3.28. The second-order valence-electron chi connectivity index (χ2n) is 4.66. The first-order valence-corrected chi connectivity index (χ1v) is 6.21. The fraction of sp³-hybridized carbons (Fsp3) is 0.833. The molecular formula is C12H20FNO3. The molecule has 1 fully saturated rings. The minimum Gasteiger partial charge on any atom is -0.480 e. The van der Waals surface area contributed by atoms with Crippen LogP contribution in [-0.2, 0) is 9.59 Å². The molecule has 98 valence electrons. The first-order chi connectivity index (χ1) is 8.13. The number of carboxylic acids is 1. The maximum Gasteiger partial charge on any atom is 0.328 e. The molecule has 1 unspecified atom stereocenters. The molecule has 0 radical (unpaired) electrons. The van der Waals surface area contributed by atoms with Crippen molar-refractivity contribution < 1.29 is 19.1 Å². The van der Waals surface area contributed by atoms with Gasteiger partial charge in [-0.05, 0) is 18.8 Å². The average molecular weight is 245 g/mol. The van der Waals surface area contributed by atoms with Gasteiger partial charge in [-0.2, -0.15) is 0 Å². The van der Waals surface area contributed by atoms with Gasteiger partial charge in [0.15, 0.2) is 6.04 Å². The average Bonchev–Trinajstić information content (AvgIpc) is 2.78. The lowest BCUT2D eigenvalue weighted by molar-refractivity contribution is -0.142. The Hall–Kier alpha value is -1.13. The summed E-state index contributed by atoms with van der Waals surface area (Å²) in [6.07, 6.45) is 7.10. The Morgan fingerprint density at radius 1 is 1.35 bits per heavy atom. The van der Waals surface area contributed by atoms with Crippen molar-refractivity contribution in [1.29, 1.82) is 0 Å². The van der Waals surface area contributed by atoms with Crippen molar-refractivity contribution in [1.82, 2.24) is 5.32 Å². The molecule has 0 spiro atoms. The second-order valence-corrected chi connectivity index (χ2v) is 4.66. The Labute approximate surface area is 101 Å². The first-order valence-electron chi connectivity index (χ1n) is 6.21. The molecule has 5 heteroatoms. The van der Waals surface area contributed by atoms with Crippen LogP contribution in [0.3, 0.4) is 0 Å². The van der Waals surface area contributed by atoms with Crippen LogP contribution in [-0.4, -0.2) is 29.7 Å². The van der Waals surface area contributed by atoms with Gasteiger partial charge >= 0.3 is 5.97 Å². The molecule has 0 aromatic rings. The number of alkyl halides is 1. The topological polar surface area (TPSA) is 66.4 Å². The minimum absolute atomic E-state index is 0.292. The third kappa shape index (κ3) is 5.15. The highest BCUT2D eigenvalue weighted by Crippen LogP contribution is 2.28. The van der Waals surface area contributed by atoms with Gasteiger partial charge < -0.3 is 10.4 Å². The Morgan fingerprint density at radius 3 is 2.53 bits per heavy atom. The molecule has 1 aliphatic rings. The van der Waals surface area contributed by atoms with Crippen molar-refractivity contribution in [3.05, 3.63) is 0 Å². The summed E-state index contributed by atoms with van der Waals surface area (Å²) in [5, 5.41) is 10.7. The van der Waals surface area contributed by atoms with Gasteiger partial charge in [0.05, 0.1) is 0 Å². The van der Waals surface area contributed by atoms with E-state index >= 15 is 0 Å². The zero-order chi connectivity index (χ0) is 12.7. The molecule has 4 nitrogen and oxygen atoms in total. The standard InChI is InChI=1S/C12H20FNO3/c13-8-10(12(16)17)14-11(15)7-3-6-9-4-1-2-5-9/h9-10H,1-8H2,(H,14,15)(H,16,17). The number of rotatable bonds is 7. The summed E-state index contributed by atoms with van der Waals surface area (Å²) >= 11 is 0. The summed E-state index contributed by atoms with van der Waals surface area (Å²) in [5.41, 5.74) is 0. The lowest BCUT2D eigenvalue weighted by Crippen LogP contribution is -2.42. The number of nitrogens with one attached hydrogen (secondary N) is 1. The summed E-state index contributed by atoms with van der Waals surface area (Å²) < 4.78 is 12.2. The Kier molecular flexibility index (Phi) is 5.94. The van der Waals surface area contributed by atoms with Crippen molar-refractivity contribution in [2.45, 2.75) is 51.0 Å². The predicted octanol–water partition coefficient (Wildman–Crippen LogP) is 1.89. The second kappa shape index (κ2) is 7.25. The van der Waals surface area contributed by atoms with Gasteiger partial charge in [0.1, 0.15) is 6.67 Å². The van der Waals surface area contributed by atoms with E-state index in [4.69, 9.17) is 5.11 Å². The zero-order valence-corrected chi connectivity index (χ0v) is 9.95. The molecule has 1 amide bonds. The van der Waals surface area contributed by atoms with Crippen LogP contribution in [0.2, 0.25) is 0 Å². The largest absolute Gasteiger partial charge is 0.480 e. The number of carbonyl (C=O) groups is 2. The van der Waals surface area contributed by atoms with E-state index in [1.165, 1.54) is 25.7 Å². The smallest absolute Gasteiger partial charge is 0.328 e. The number of halogens is 1. The van der Waals surface area contributed by atoms with Crippen LogP contribution in [0.4, 0.5) is 4.39 Å². The van der Waals surface area contributed by atoms with E-state index in [0.29, 0.717) is 6.42 Å². The molecule has 1 atom stereocenters. The van der Waals surface area contributed by atoms with Gasteiger partial charge in [-0.1, -0.05) is 25.7 Å². The normalized spacial score (nSPS) is 17.9. The van der Waals surface area contributed by atoms with Crippen LogP contribution in [0, 0.1) is 5.92 Å². The van der Waals surface area contributed by atoms with Gasteiger partial charge in [-0.15, -0.1) is 0 Å². The van der Waals surface area contributed by atoms with Crippen LogP contribution in [0.15, 0.2) is 0 Å². The Bertz CT molecular complexity index is 264. The molecule has 17 heavy (non-hydrogen) atoms. The molecule has 1 saturated carbocycles. The van der Waals surface area contributed by atoms with Gasteiger partial charge in [0, 0.05) is 6.42 Å². The maximum absolute atomic E-state index is 12.2. The lowest BCUT2D eigenvalue weighted by Gasteiger charge is -2.11. The number of carboxylic acid groups (broad SMARTS) is 1. The number of hydrogen-bond donors (Lipinski definition) is 2. The number of aliphatic carboxylic acids is 1. The summed E-state index contributed by atoms with van der Waals surface area (Å²) in [6.45, 7) is -1.07. The van der Waals surface area contributed by atoms with E-state index in [-0.39, 0.29) is 5.91 Å². The van der Waals surface area contributed by atoms with Crippen LogP contribution >= 0.6 is 0 Å². The van der Waals surface area contributed by atoms with E-state index in [1.807, 2.05) is 0 Å². The summed E-state index contributed by atoms with van der Waals surface area (Å²) in [6, 6.07) is -1.39. The fourth-order valence-electron chi connectivity index (χ4n) is 2.28. The van der Waals surface area contributed by atoms with Gasteiger partial charge in [0.2, 0.25) is 5.91 Å². The fourth-order valence-corrected chi connectivity index (χ4v) is 2.28. The quantitative estimate of drug-likeness (QED) is 0.719. The van der Waals surface area contributed by atoms with E-state index in [9.17, 15) is 14.0 Å². The molecule has 0 heterocycles. The number of amides is 1. The Morgan fingerprint density at radius 2 is 2.00 bits per heavy atom. The van der Waals surface area contributed by atoms with Crippen molar-refractivity contribution in [3.8, 4) is 0 Å². The van der Waals surface area contributed by atoms with Crippen LogP contribution < -0.4 is 5.32 Å². The van der Waals surface area contributed by atoms with Crippen LogP contribution in [0.25, 0.3) is 0 Å². The summed E-state index contributed by atoms with van der Waals surface area (Å²) in [5.74, 6) is -0.969. The van der Waals surface area contributed by atoms with Crippen molar-refractivity contribution in [2.24, 2.45) is 5.92 Å². The highest BCUT2D eigenvalue weighted by Gasteiger charge is 2.20. The van der Waals surface area contributed by atoms with Crippen molar-refractivity contribution in [2.75, 3.05) is 6.67 Å². The molecule has 0 bridgehead atoms. The highest BCUT2D eigenvalue weighted by atomic mass is 19.1. The van der Waals surface area contributed by atoms with Crippen molar-refractivity contribution >= 4 is 11.9 Å². The molecule has 1 rings (SSSR count). The maximum atomic E-state index is 12.2. The zero-order valence-electron chi connectivity index (χ0n) is 9.95. The third-order valence-corrected chi connectivity index (χ3v) is 3.28. The molecule has 2 N–H and O–H groups in total. The van der Waals surface area contributed by atoms with E-state index in [1.54, 1.807) is 0 Å². The molecule has 0 aromatic carbocycles. The van der Waals surface area contributed by atoms with Crippen LogP contribution in [0.1, 0.15) is 44.9 Å². The SMILES string of the molecule is O=C(CCCC1CCCC1)NC(CF)C(=O)O. The van der Waals surface area contributed by atoms with Gasteiger partial charge in [0.25, 0.3) is 0 Å². The predicted molar refractivity (Wildman–Crippen MR) is 61.4 cm³/mol.